The van der Waals surface area contributed by atoms with Gasteiger partial charge in [0, 0.05) is 26.1 Å². The molecule has 0 aromatic heterocycles. The molecule has 3 rings (SSSR count). The Labute approximate surface area is 133 Å². The Kier molecular flexibility index (Phi) is 4.09. The Morgan fingerprint density at radius 1 is 1.19 bits per heavy atom. The van der Waals surface area contributed by atoms with Gasteiger partial charge in [0.05, 0.1) is 21.7 Å². The van der Waals surface area contributed by atoms with Crippen LogP contribution < -0.4 is 4.90 Å². The molecule has 1 unspecified atom stereocenters. The number of carbonyl (C=O) groups excluding carboxylic acids is 2. The topological polar surface area (TPSA) is 40.6 Å². The van der Waals surface area contributed by atoms with Crippen molar-refractivity contribution in [3.05, 3.63) is 28.2 Å². The first-order chi connectivity index (χ1) is 10.1. The van der Waals surface area contributed by atoms with E-state index in [0.29, 0.717) is 22.3 Å². The average molecular weight is 327 g/mol. The van der Waals surface area contributed by atoms with Gasteiger partial charge in [0.15, 0.2) is 0 Å². The number of halogens is 2. The van der Waals surface area contributed by atoms with Crippen molar-refractivity contribution >= 4 is 40.7 Å². The van der Waals surface area contributed by atoms with E-state index in [1.165, 1.54) is 0 Å². The summed E-state index contributed by atoms with van der Waals surface area (Å²) in [4.78, 5) is 28.1. The molecule has 0 radical (unpaired) electrons. The molecule has 112 valence electrons. The summed E-state index contributed by atoms with van der Waals surface area (Å²) in [6.45, 7) is 2.00. The molecule has 0 N–H and O–H groups in total. The minimum absolute atomic E-state index is 0.0725. The number of nitrogens with zero attached hydrogens (tertiary/aromatic N) is 2. The van der Waals surface area contributed by atoms with Gasteiger partial charge in [-0.3, -0.25) is 9.59 Å². The van der Waals surface area contributed by atoms with Crippen LogP contribution in [0.2, 0.25) is 10.0 Å². The third-order valence-corrected chi connectivity index (χ3v) is 4.92. The van der Waals surface area contributed by atoms with Gasteiger partial charge in [0.1, 0.15) is 0 Å². The van der Waals surface area contributed by atoms with Crippen LogP contribution in [0.25, 0.3) is 0 Å². The van der Waals surface area contributed by atoms with Gasteiger partial charge < -0.3 is 9.80 Å². The monoisotopic (exact) mass is 326 g/mol. The Hall–Kier alpha value is -1.26. The molecule has 2 fully saturated rings. The summed E-state index contributed by atoms with van der Waals surface area (Å²) in [5, 5.41) is 0.776. The number of rotatable bonds is 2. The molecule has 0 aliphatic carbocycles. The van der Waals surface area contributed by atoms with Crippen LogP contribution in [0.4, 0.5) is 5.69 Å². The van der Waals surface area contributed by atoms with Gasteiger partial charge in [-0.05, 0) is 25.0 Å². The van der Waals surface area contributed by atoms with Gasteiger partial charge in [-0.2, -0.15) is 0 Å². The molecule has 1 aromatic rings. The Morgan fingerprint density at radius 3 is 2.62 bits per heavy atom. The minimum atomic E-state index is -0.273. The molecule has 0 spiro atoms. The molecule has 2 aliphatic rings. The molecular weight excluding hydrogens is 311 g/mol. The SMILES string of the molecule is O=C(C1CC(=O)N(c2cccc(Cl)c2Cl)C1)N1CCCC1. The van der Waals surface area contributed by atoms with E-state index < -0.39 is 0 Å². The predicted octanol–water partition coefficient (Wildman–Crippen LogP) is 2.97. The van der Waals surface area contributed by atoms with Crippen molar-refractivity contribution in [3.8, 4) is 0 Å². The van der Waals surface area contributed by atoms with Crippen LogP contribution in [0, 0.1) is 5.92 Å². The number of hydrogen-bond donors (Lipinski definition) is 0. The molecule has 0 saturated carbocycles. The first-order valence-corrected chi connectivity index (χ1v) is 7.86. The summed E-state index contributed by atoms with van der Waals surface area (Å²) in [5.41, 5.74) is 0.589. The van der Waals surface area contributed by atoms with E-state index in [0.717, 1.165) is 25.9 Å². The Balaban J connectivity index is 1.78. The maximum Gasteiger partial charge on any atom is 0.228 e. The van der Waals surface area contributed by atoms with Crippen LogP contribution in [0.1, 0.15) is 19.3 Å². The zero-order valence-corrected chi connectivity index (χ0v) is 13.0. The second-order valence-corrected chi connectivity index (χ2v) is 6.30. The fourth-order valence-electron chi connectivity index (χ4n) is 3.00. The molecular formula is C15H16Cl2N2O2. The van der Waals surface area contributed by atoms with E-state index in [1.807, 2.05) is 4.90 Å². The van der Waals surface area contributed by atoms with E-state index in [9.17, 15) is 9.59 Å². The van der Waals surface area contributed by atoms with Crippen molar-refractivity contribution in [2.45, 2.75) is 19.3 Å². The molecule has 1 aromatic carbocycles. The maximum atomic E-state index is 12.4. The summed E-state index contributed by atoms with van der Waals surface area (Å²) < 4.78 is 0. The smallest absolute Gasteiger partial charge is 0.228 e. The van der Waals surface area contributed by atoms with Crippen molar-refractivity contribution in [1.29, 1.82) is 0 Å². The highest BCUT2D eigenvalue weighted by atomic mass is 35.5. The molecule has 1 atom stereocenters. The molecule has 2 heterocycles. The Bertz CT molecular complexity index is 585. The van der Waals surface area contributed by atoms with Crippen molar-refractivity contribution < 1.29 is 9.59 Å². The summed E-state index contributed by atoms with van der Waals surface area (Å²) in [6.07, 6.45) is 2.35. The first-order valence-electron chi connectivity index (χ1n) is 7.11. The molecule has 21 heavy (non-hydrogen) atoms. The number of amides is 2. The minimum Gasteiger partial charge on any atom is -0.342 e. The van der Waals surface area contributed by atoms with E-state index in [4.69, 9.17) is 23.2 Å². The molecule has 0 bridgehead atoms. The fraction of sp³-hybridized carbons (Fsp3) is 0.467. The second kappa shape index (κ2) is 5.85. The standard InChI is InChI=1S/C15H16Cl2N2O2/c16-11-4-3-5-12(14(11)17)19-9-10(8-13(19)20)15(21)18-6-1-2-7-18/h3-5,10H,1-2,6-9H2. The predicted molar refractivity (Wildman–Crippen MR) is 82.7 cm³/mol. The maximum absolute atomic E-state index is 12.4. The summed E-state index contributed by atoms with van der Waals surface area (Å²) >= 11 is 12.2. The average Bonchev–Trinajstić information content (AvgIpc) is 3.11. The van der Waals surface area contributed by atoms with E-state index >= 15 is 0 Å². The van der Waals surface area contributed by atoms with Gasteiger partial charge in [-0.15, -0.1) is 0 Å². The fourth-order valence-corrected chi connectivity index (χ4v) is 3.40. The zero-order chi connectivity index (χ0) is 15.0. The normalized spacial score (nSPS) is 22.2. The largest absolute Gasteiger partial charge is 0.342 e. The lowest BCUT2D eigenvalue weighted by Crippen LogP contribution is -2.35. The third kappa shape index (κ3) is 2.74. The van der Waals surface area contributed by atoms with Crippen LogP contribution in [-0.2, 0) is 9.59 Å². The summed E-state index contributed by atoms with van der Waals surface area (Å²) in [5.74, 6) is -0.260. The van der Waals surface area contributed by atoms with Crippen LogP contribution in [-0.4, -0.2) is 36.3 Å². The molecule has 6 heteroatoms. The number of likely N-dealkylation sites (tertiary alicyclic amines) is 1. The highest BCUT2D eigenvalue weighted by molar-refractivity contribution is 6.44. The van der Waals surface area contributed by atoms with Crippen LogP contribution >= 0.6 is 23.2 Å². The van der Waals surface area contributed by atoms with E-state index in [2.05, 4.69) is 0 Å². The van der Waals surface area contributed by atoms with Crippen LogP contribution in [0.5, 0.6) is 0 Å². The molecule has 2 aliphatic heterocycles. The number of hydrogen-bond acceptors (Lipinski definition) is 2. The number of benzene rings is 1. The van der Waals surface area contributed by atoms with Gasteiger partial charge in [-0.1, -0.05) is 29.3 Å². The number of carbonyl (C=O) groups is 2. The van der Waals surface area contributed by atoms with Gasteiger partial charge in [0.25, 0.3) is 0 Å². The molecule has 2 amide bonds. The Morgan fingerprint density at radius 2 is 1.90 bits per heavy atom. The molecule has 2 saturated heterocycles. The lowest BCUT2D eigenvalue weighted by Gasteiger charge is -2.21. The van der Waals surface area contributed by atoms with Gasteiger partial charge in [0.2, 0.25) is 11.8 Å². The highest BCUT2D eigenvalue weighted by Crippen LogP contribution is 2.36. The van der Waals surface area contributed by atoms with Crippen LogP contribution in [0.15, 0.2) is 18.2 Å². The van der Waals surface area contributed by atoms with Crippen molar-refractivity contribution in [2.24, 2.45) is 5.92 Å². The van der Waals surface area contributed by atoms with Crippen molar-refractivity contribution in [3.63, 3.8) is 0 Å². The first kappa shape index (κ1) is 14.7. The number of anilines is 1. The van der Waals surface area contributed by atoms with E-state index in [1.54, 1.807) is 23.1 Å². The highest BCUT2D eigenvalue weighted by Gasteiger charge is 2.38. The second-order valence-electron chi connectivity index (χ2n) is 5.51. The zero-order valence-electron chi connectivity index (χ0n) is 11.5. The summed E-state index contributed by atoms with van der Waals surface area (Å²) in [6, 6.07) is 5.20. The van der Waals surface area contributed by atoms with Crippen LogP contribution in [0.3, 0.4) is 0 Å². The van der Waals surface area contributed by atoms with Gasteiger partial charge >= 0.3 is 0 Å². The van der Waals surface area contributed by atoms with Crippen molar-refractivity contribution in [1.82, 2.24) is 4.90 Å². The van der Waals surface area contributed by atoms with E-state index in [-0.39, 0.29) is 24.2 Å². The lowest BCUT2D eigenvalue weighted by atomic mass is 10.1. The van der Waals surface area contributed by atoms with Crippen molar-refractivity contribution in [2.75, 3.05) is 24.5 Å². The molecule has 4 nitrogen and oxygen atoms in total. The quantitative estimate of drug-likeness (QED) is 0.838. The third-order valence-electron chi connectivity index (χ3n) is 4.11. The van der Waals surface area contributed by atoms with Gasteiger partial charge in [-0.25, -0.2) is 0 Å². The summed E-state index contributed by atoms with van der Waals surface area (Å²) in [7, 11) is 0. The lowest BCUT2D eigenvalue weighted by molar-refractivity contribution is -0.134.